The number of carbonyl (C=O) groups excluding carboxylic acids is 2. The van der Waals surface area contributed by atoms with Gasteiger partial charge in [-0.3, -0.25) is 14.5 Å². The van der Waals surface area contributed by atoms with E-state index < -0.39 is 5.54 Å². The van der Waals surface area contributed by atoms with Gasteiger partial charge in [0.25, 0.3) is 11.8 Å². The molecule has 5 rings (SSSR count). The molecule has 2 amide bonds. The van der Waals surface area contributed by atoms with Gasteiger partial charge in [0.15, 0.2) is 0 Å². The molecule has 198 valence electrons. The number of anilines is 2. The summed E-state index contributed by atoms with van der Waals surface area (Å²) in [5.41, 5.74) is 1.53. The molecule has 1 unspecified atom stereocenters. The van der Waals surface area contributed by atoms with Crippen molar-refractivity contribution in [2.75, 3.05) is 81.7 Å². The van der Waals surface area contributed by atoms with Crippen LogP contribution in [0.3, 0.4) is 0 Å². The van der Waals surface area contributed by atoms with Crippen molar-refractivity contribution in [2.45, 2.75) is 23.8 Å². The van der Waals surface area contributed by atoms with E-state index in [1.54, 1.807) is 16.7 Å². The lowest BCUT2D eigenvalue weighted by molar-refractivity contribution is -0.124. The Bertz CT molecular complexity index is 1090. The maximum atomic E-state index is 13.8. The predicted molar refractivity (Wildman–Crippen MR) is 147 cm³/mol. The number of hydrogen-bond acceptors (Lipinski definition) is 7. The van der Waals surface area contributed by atoms with Gasteiger partial charge in [0.05, 0.1) is 32.0 Å². The van der Waals surface area contributed by atoms with E-state index in [4.69, 9.17) is 9.47 Å². The van der Waals surface area contributed by atoms with Gasteiger partial charge >= 0.3 is 0 Å². The van der Waals surface area contributed by atoms with Crippen LogP contribution >= 0.6 is 11.8 Å². The Morgan fingerprint density at radius 3 is 2.35 bits per heavy atom. The fraction of sp³-hybridized carbons (Fsp3) is 0.500. The summed E-state index contributed by atoms with van der Waals surface area (Å²) in [6.45, 7) is 9.79. The molecule has 0 radical (unpaired) electrons. The highest BCUT2D eigenvalue weighted by molar-refractivity contribution is 7.99. The minimum absolute atomic E-state index is 0.0807. The average molecular weight is 525 g/mol. The smallest absolute Gasteiger partial charge is 0.255 e. The van der Waals surface area contributed by atoms with Gasteiger partial charge in [0.1, 0.15) is 5.54 Å². The molecule has 2 saturated heterocycles. The van der Waals surface area contributed by atoms with Crippen LogP contribution < -0.4 is 10.2 Å². The van der Waals surface area contributed by atoms with Gasteiger partial charge in [-0.25, -0.2) is 0 Å². The zero-order valence-electron chi connectivity index (χ0n) is 21.5. The molecule has 0 aromatic heterocycles. The van der Waals surface area contributed by atoms with Crippen LogP contribution in [0.5, 0.6) is 0 Å². The SMILES string of the molecule is CC1(C(=O)Nc2ccc(N3CCOCC3)cc2)CSc2ccccc2C(=O)N1CCCN1CCOCC1. The van der Waals surface area contributed by atoms with E-state index in [1.165, 1.54) is 0 Å². The third kappa shape index (κ3) is 5.95. The first-order valence-electron chi connectivity index (χ1n) is 13.1. The van der Waals surface area contributed by atoms with Gasteiger partial charge in [-0.2, -0.15) is 0 Å². The van der Waals surface area contributed by atoms with Crippen molar-refractivity contribution in [1.82, 2.24) is 9.80 Å². The van der Waals surface area contributed by atoms with E-state index >= 15 is 0 Å². The van der Waals surface area contributed by atoms with Crippen molar-refractivity contribution in [2.24, 2.45) is 0 Å². The second-order valence-corrected chi connectivity index (χ2v) is 10.9. The van der Waals surface area contributed by atoms with Crippen LogP contribution in [0.15, 0.2) is 53.4 Å². The molecule has 3 aliphatic rings. The fourth-order valence-electron chi connectivity index (χ4n) is 5.09. The van der Waals surface area contributed by atoms with E-state index in [0.29, 0.717) is 17.9 Å². The predicted octanol–water partition coefficient (Wildman–Crippen LogP) is 3.19. The highest BCUT2D eigenvalue weighted by Crippen LogP contribution is 2.36. The number of carbonyl (C=O) groups is 2. The number of nitrogens with one attached hydrogen (secondary N) is 1. The summed E-state index contributed by atoms with van der Waals surface area (Å²) in [6.07, 6.45) is 0.801. The maximum Gasteiger partial charge on any atom is 0.255 e. The standard InChI is InChI=1S/C28H36N4O4S/c1-28(27(34)29-22-7-9-23(10-8-22)31-15-19-36-20-16-31)21-37-25-6-3-2-5-24(25)26(33)32(28)12-4-11-30-13-17-35-18-14-30/h2-3,5-10H,4,11-21H2,1H3,(H,29,34). The summed E-state index contributed by atoms with van der Waals surface area (Å²) in [6, 6.07) is 15.6. The summed E-state index contributed by atoms with van der Waals surface area (Å²) in [5.74, 6) is 0.250. The van der Waals surface area contributed by atoms with Crippen molar-refractivity contribution < 1.29 is 19.1 Å². The quantitative estimate of drug-likeness (QED) is 0.596. The Morgan fingerprint density at radius 1 is 0.946 bits per heavy atom. The van der Waals surface area contributed by atoms with E-state index in [0.717, 1.165) is 81.8 Å². The van der Waals surface area contributed by atoms with Crippen LogP contribution in [0.25, 0.3) is 0 Å². The van der Waals surface area contributed by atoms with E-state index in [-0.39, 0.29) is 11.8 Å². The minimum atomic E-state index is -0.991. The number of nitrogens with zero attached hydrogens (tertiary/aromatic N) is 3. The number of benzene rings is 2. The topological polar surface area (TPSA) is 74.4 Å². The zero-order chi connectivity index (χ0) is 25.7. The van der Waals surface area contributed by atoms with Gasteiger partial charge in [0.2, 0.25) is 0 Å². The Hall–Kier alpha value is -2.59. The second kappa shape index (κ2) is 11.9. The van der Waals surface area contributed by atoms with Gasteiger partial charge in [0, 0.05) is 61.3 Å². The number of thioether (sulfide) groups is 1. The highest BCUT2D eigenvalue weighted by atomic mass is 32.2. The molecule has 3 heterocycles. The molecule has 8 nitrogen and oxygen atoms in total. The van der Waals surface area contributed by atoms with E-state index in [9.17, 15) is 9.59 Å². The van der Waals surface area contributed by atoms with Crippen LogP contribution in [0, 0.1) is 0 Å². The molecule has 3 aliphatic heterocycles. The monoisotopic (exact) mass is 524 g/mol. The summed E-state index contributed by atoms with van der Waals surface area (Å²) >= 11 is 1.58. The molecular weight excluding hydrogens is 488 g/mol. The van der Waals surface area contributed by atoms with Gasteiger partial charge < -0.3 is 24.6 Å². The molecule has 0 saturated carbocycles. The Labute approximate surface area is 223 Å². The molecule has 1 N–H and O–H groups in total. The van der Waals surface area contributed by atoms with Crippen LogP contribution in [0.1, 0.15) is 23.7 Å². The number of hydrogen-bond donors (Lipinski definition) is 1. The molecule has 2 aromatic carbocycles. The third-order valence-electron chi connectivity index (χ3n) is 7.42. The largest absolute Gasteiger partial charge is 0.379 e. The lowest BCUT2D eigenvalue weighted by atomic mass is 9.98. The third-order valence-corrected chi connectivity index (χ3v) is 8.79. The number of morpholine rings is 2. The zero-order valence-corrected chi connectivity index (χ0v) is 22.3. The Morgan fingerprint density at radius 2 is 1.62 bits per heavy atom. The fourth-order valence-corrected chi connectivity index (χ4v) is 6.30. The summed E-state index contributed by atoms with van der Waals surface area (Å²) in [5, 5.41) is 3.11. The average Bonchev–Trinajstić information content (AvgIpc) is 3.05. The van der Waals surface area contributed by atoms with Crippen LogP contribution in [0.2, 0.25) is 0 Å². The van der Waals surface area contributed by atoms with Crippen molar-refractivity contribution in [3.05, 3.63) is 54.1 Å². The number of amides is 2. The molecule has 0 aliphatic carbocycles. The van der Waals surface area contributed by atoms with Crippen molar-refractivity contribution in [3.63, 3.8) is 0 Å². The number of rotatable bonds is 7. The molecule has 37 heavy (non-hydrogen) atoms. The first kappa shape index (κ1) is 26.0. The molecule has 2 fully saturated rings. The normalized spacial score (nSPS) is 22.9. The van der Waals surface area contributed by atoms with Crippen molar-refractivity contribution >= 4 is 35.0 Å². The molecular formula is C28H36N4O4S. The van der Waals surface area contributed by atoms with E-state index in [2.05, 4.69) is 15.1 Å². The van der Waals surface area contributed by atoms with Crippen LogP contribution in [-0.4, -0.2) is 98.6 Å². The molecule has 0 bridgehead atoms. The second-order valence-electron chi connectivity index (χ2n) is 9.92. The molecule has 0 spiro atoms. The Kier molecular flexibility index (Phi) is 8.34. The number of ether oxygens (including phenoxy) is 2. The summed E-state index contributed by atoms with van der Waals surface area (Å²) < 4.78 is 10.9. The lowest BCUT2D eigenvalue weighted by Gasteiger charge is -2.39. The van der Waals surface area contributed by atoms with Gasteiger partial charge in [-0.15, -0.1) is 11.8 Å². The summed E-state index contributed by atoms with van der Waals surface area (Å²) in [4.78, 5) is 35.0. The maximum absolute atomic E-state index is 13.8. The number of fused-ring (bicyclic) bond motifs is 1. The Balaban J connectivity index is 1.32. The minimum Gasteiger partial charge on any atom is -0.379 e. The first-order valence-corrected chi connectivity index (χ1v) is 14.1. The molecule has 2 aromatic rings. The molecule has 9 heteroatoms. The highest BCUT2D eigenvalue weighted by Gasteiger charge is 2.45. The van der Waals surface area contributed by atoms with Crippen molar-refractivity contribution in [3.8, 4) is 0 Å². The first-order chi connectivity index (χ1) is 18.0. The summed E-state index contributed by atoms with van der Waals surface area (Å²) in [7, 11) is 0. The van der Waals surface area contributed by atoms with Crippen molar-refractivity contribution in [1.29, 1.82) is 0 Å². The lowest BCUT2D eigenvalue weighted by Crippen LogP contribution is -2.58. The van der Waals surface area contributed by atoms with Gasteiger partial charge in [-0.05, 0) is 49.7 Å². The van der Waals surface area contributed by atoms with E-state index in [1.807, 2.05) is 55.5 Å². The van der Waals surface area contributed by atoms with Crippen LogP contribution in [0.4, 0.5) is 11.4 Å². The van der Waals surface area contributed by atoms with Gasteiger partial charge in [-0.1, -0.05) is 12.1 Å². The molecule has 1 atom stereocenters. The van der Waals surface area contributed by atoms with Crippen LogP contribution in [-0.2, 0) is 14.3 Å².